The number of aromatic nitrogens is 5. The number of tetrazole rings is 1. The van der Waals surface area contributed by atoms with E-state index in [2.05, 4.69) is 43.2 Å². The van der Waals surface area contributed by atoms with Gasteiger partial charge in [-0.25, -0.2) is 0 Å². The lowest BCUT2D eigenvalue weighted by molar-refractivity contribution is 0.698. The predicted octanol–water partition coefficient (Wildman–Crippen LogP) is 1.31. The SMILES string of the molecule is Cc1cc2nnnn2nc1SCI. The summed E-state index contributed by atoms with van der Waals surface area (Å²) < 4.78 is 2.42. The predicted molar refractivity (Wildman–Crippen MR) is 58.1 cm³/mol. The molecule has 68 valence electrons. The summed E-state index contributed by atoms with van der Waals surface area (Å²) in [6, 6.07) is 1.93. The lowest BCUT2D eigenvalue weighted by Crippen LogP contribution is -1.97. The molecular weight excluding hydrogens is 301 g/mol. The van der Waals surface area contributed by atoms with Crippen LogP contribution < -0.4 is 0 Å². The third-order valence-electron chi connectivity index (χ3n) is 1.54. The standard InChI is InChI=1S/C6H6IN5S/c1-4-2-5-8-10-11-12(5)9-6(4)13-3-7/h2H,3H2,1H3. The summed E-state index contributed by atoms with van der Waals surface area (Å²) in [5.41, 5.74) is 1.80. The van der Waals surface area contributed by atoms with Crippen LogP contribution in [0, 0.1) is 6.92 Å². The third kappa shape index (κ3) is 1.75. The second-order valence-corrected chi connectivity index (χ2v) is 5.17. The molecular formula is C6H6IN5S. The van der Waals surface area contributed by atoms with Crippen LogP contribution in [-0.4, -0.2) is 29.0 Å². The van der Waals surface area contributed by atoms with Gasteiger partial charge in [0.25, 0.3) is 0 Å². The molecule has 2 aromatic rings. The van der Waals surface area contributed by atoms with Crippen molar-refractivity contribution >= 4 is 40.0 Å². The molecule has 2 rings (SSSR count). The first kappa shape index (κ1) is 9.13. The maximum absolute atomic E-state index is 4.26. The molecule has 0 saturated carbocycles. The number of rotatable bonds is 2. The fourth-order valence-corrected chi connectivity index (χ4v) is 2.37. The van der Waals surface area contributed by atoms with E-state index in [0.717, 1.165) is 14.3 Å². The van der Waals surface area contributed by atoms with Crippen LogP contribution in [0.25, 0.3) is 5.65 Å². The molecule has 0 fully saturated rings. The summed E-state index contributed by atoms with van der Waals surface area (Å²) in [5, 5.41) is 16.3. The van der Waals surface area contributed by atoms with E-state index in [1.165, 1.54) is 4.63 Å². The average Bonchev–Trinajstić information content (AvgIpc) is 2.52. The van der Waals surface area contributed by atoms with E-state index >= 15 is 0 Å². The Morgan fingerprint density at radius 3 is 3.23 bits per heavy atom. The van der Waals surface area contributed by atoms with Crippen LogP contribution in [-0.2, 0) is 0 Å². The van der Waals surface area contributed by atoms with Crippen LogP contribution in [0.4, 0.5) is 0 Å². The van der Waals surface area contributed by atoms with Crippen molar-refractivity contribution < 1.29 is 0 Å². The lowest BCUT2D eigenvalue weighted by atomic mass is 10.3. The Morgan fingerprint density at radius 2 is 2.46 bits per heavy atom. The van der Waals surface area contributed by atoms with Gasteiger partial charge in [0, 0.05) is 0 Å². The van der Waals surface area contributed by atoms with Crippen LogP contribution in [0.3, 0.4) is 0 Å². The minimum Gasteiger partial charge on any atom is -0.140 e. The number of halogens is 1. The Balaban J connectivity index is 2.56. The zero-order valence-corrected chi connectivity index (χ0v) is 9.78. The third-order valence-corrected chi connectivity index (χ3v) is 3.26. The second-order valence-electron chi connectivity index (χ2n) is 2.41. The quantitative estimate of drug-likeness (QED) is 0.476. The molecule has 0 saturated heterocycles. The summed E-state index contributed by atoms with van der Waals surface area (Å²) >= 11 is 3.97. The number of hydrogen-bond acceptors (Lipinski definition) is 5. The largest absolute Gasteiger partial charge is 0.200 e. The molecule has 2 aromatic heterocycles. The van der Waals surface area contributed by atoms with E-state index in [9.17, 15) is 0 Å². The molecule has 2 heterocycles. The van der Waals surface area contributed by atoms with Gasteiger partial charge in [-0.2, -0.15) is 0 Å². The first-order chi connectivity index (χ1) is 6.31. The zero-order valence-electron chi connectivity index (χ0n) is 6.81. The molecule has 0 atom stereocenters. The molecule has 7 heteroatoms. The Bertz CT molecular complexity index is 428. The van der Waals surface area contributed by atoms with Gasteiger partial charge in [0.05, 0.1) is 3.76 Å². The number of nitrogens with zero attached hydrogens (tertiary/aromatic N) is 5. The van der Waals surface area contributed by atoms with Gasteiger partial charge < -0.3 is 0 Å². The highest BCUT2D eigenvalue weighted by molar-refractivity contribution is 14.1. The molecule has 0 aliphatic rings. The summed E-state index contributed by atoms with van der Waals surface area (Å²) in [6.45, 7) is 2.01. The number of aryl methyl sites for hydroxylation is 1. The Morgan fingerprint density at radius 1 is 1.62 bits per heavy atom. The van der Waals surface area contributed by atoms with Gasteiger partial charge in [-0.05, 0) is 29.0 Å². The van der Waals surface area contributed by atoms with E-state index < -0.39 is 0 Å². The normalized spacial score (nSPS) is 10.9. The smallest absolute Gasteiger partial charge is 0.140 e. The summed E-state index contributed by atoms with van der Waals surface area (Å²) in [6.07, 6.45) is 0. The first-order valence-corrected chi connectivity index (χ1v) is 6.07. The molecule has 13 heavy (non-hydrogen) atoms. The van der Waals surface area contributed by atoms with Gasteiger partial charge in [-0.15, -0.1) is 14.8 Å². The molecule has 0 aliphatic carbocycles. The minimum atomic E-state index is 0.690. The van der Waals surface area contributed by atoms with Crippen LogP contribution in [0.1, 0.15) is 5.56 Å². The second kappa shape index (κ2) is 3.74. The molecule has 0 aromatic carbocycles. The van der Waals surface area contributed by atoms with Gasteiger partial charge in [0.1, 0.15) is 5.03 Å². The lowest BCUT2D eigenvalue weighted by Gasteiger charge is -2.00. The summed E-state index contributed by atoms with van der Waals surface area (Å²) in [7, 11) is 0. The molecule has 0 N–H and O–H groups in total. The zero-order chi connectivity index (χ0) is 9.26. The summed E-state index contributed by atoms with van der Waals surface area (Å²) in [5.74, 6) is 0. The Hall–Kier alpha value is -0.440. The Labute approximate surface area is 92.4 Å². The van der Waals surface area contributed by atoms with Gasteiger partial charge in [0.2, 0.25) is 0 Å². The van der Waals surface area contributed by atoms with Crippen molar-refractivity contribution in [3.63, 3.8) is 0 Å². The highest BCUT2D eigenvalue weighted by Crippen LogP contribution is 2.21. The van der Waals surface area contributed by atoms with Gasteiger partial charge in [-0.1, -0.05) is 34.4 Å². The summed E-state index contributed by atoms with van der Waals surface area (Å²) in [4.78, 5) is 0. The monoisotopic (exact) mass is 307 g/mol. The molecule has 0 spiro atoms. The van der Waals surface area contributed by atoms with Gasteiger partial charge in [0.15, 0.2) is 5.65 Å². The Kier molecular flexibility index (Phi) is 2.63. The number of thioether (sulfide) groups is 1. The van der Waals surface area contributed by atoms with E-state index in [0.29, 0.717) is 5.65 Å². The number of fused-ring (bicyclic) bond motifs is 1. The van der Waals surface area contributed by atoms with Crippen LogP contribution >= 0.6 is 34.4 Å². The van der Waals surface area contributed by atoms with Crippen molar-refractivity contribution in [3.8, 4) is 0 Å². The van der Waals surface area contributed by atoms with E-state index in [1.807, 2.05) is 13.0 Å². The van der Waals surface area contributed by atoms with Crippen molar-refractivity contribution in [2.75, 3.05) is 3.76 Å². The van der Waals surface area contributed by atoms with Crippen LogP contribution in [0.2, 0.25) is 0 Å². The van der Waals surface area contributed by atoms with Crippen LogP contribution in [0.15, 0.2) is 11.1 Å². The maximum Gasteiger partial charge on any atom is 0.200 e. The van der Waals surface area contributed by atoms with E-state index in [1.54, 1.807) is 11.8 Å². The molecule has 0 aliphatic heterocycles. The average molecular weight is 307 g/mol. The number of hydrogen-bond donors (Lipinski definition) is 0. The van der Waals surface area contributed by atoms with E-state index in [-0.39, 0.29) is 0 Å². The fourth-order valence-electron chi connectivity index (χ4n) is 0.962. The topological polar surface area (TPSA) is 56.0 Å². The first-order valence-electron chi connectivity index (χ1n) is 3.56. The highest BCUT2D eigenvalue weighted by atomic mass is 127. The molecule has 0 unspecified atom stereocenters. The molecule has 0 bridgehead atoms. The van der Waals surface area contributed by atoms with Crippen molar-refractivity contribution in [3.05, 3.63) is 11.6 Å². The van der Waals surface area contributed by atoms with Crippen molar-refractivity contribution in [1.82, 2.24) is 25.3 Å². The number of alkyl halides is 1. The van der Waals surface area contributed by atoms with Crippen molar-refractivity contribution in [2.24, 2.45) is 0 Å². The highest BCUT2D eigenvalue weighted by Gasteiger charge is 2.04. The van der Waals surface area contributed by atoms with Gasteiger partial charge in [-0.3, -0.25) is 0 Å². The van der Waals surface area contributed by atoms with Crippen molar-refractivity contribution in [1.29, 1.82) is 0 Å². The molecule has 5 nitrogen and oxygen atoms in total. The van der Waals surface area contributed by atoms with E-state index in [4.69, 9.17) is 0 Å². The minimum absolute atomic E-state index is 0.690. The van der Waals surface area contributed by atoms with Crippen molar-refractivity contribution in [2.45, 2.75) is 11.9 Å². The molecule has 0 radical (unpaired) electrons. The van der Waals surface area contributed by atoms with Gasteiger partial charge >= 0.3 is 0 Å². The fraction of sp³-hybridized carbons (Fsp3) is 0.333. The maximum atomic E-state index is 4.26. The van der Waals surface area contributed by atoms with Crippen LogP contribution in [0.5, 0.6) is 0 Å². The molecule has 0 amide bonds.